The number of hydrogen-bond acceptors (Lipinski definition) is 4. The average molecular weight is 352 g/mol. The minimum Gasteiger partial charge on any atom is -0.493 e. The fraction of sp³-hybridized carbons (Fsp3) is 0.588. The molecule has 0 aromatic heterocycles. The predicted molar refractivity (Wildman–Crippen MR) is 90.4 cm³/mol. The number of rotatable bonds is 4. The van der Waals surface area contributed by atoms with Crippen LogP contribution in [-0.4, -0.2) is 56.3 Å². The van der Waals surface area contributed by atoms with Crippen molar-refractivity contribution in [3.63, 3.8) is 0 Å². The van der Waals surface area contributed by atoms with E-state index in [2.05, 4.69) is 0 Å². The van der Waals surface area contributed by atoms with Crippen LogP contribution < -0.4 is 4.74 Å². The smallest absolute Gasteiger partial charge is 0.243 e. The van der Waals surface area contributed by atoms with E-state index in [1.807, 2.05) is 13.8 Å². The van der Waals surface area contributed by atoms with Crippen molar-refractivity contribution in [2.75, 3.05) is 32.8 Å². The number of nitrogens with zero attached hydrogens (tertiary/aromatic N) is 2. The second-order valence-corrected chi connectivity index (χ2v) is 8.69. The van der Waals surface area contributed by atoms with Crippen LogP contribution in [0.4, 0.5) is 0 Å². The number of ether oxygens (including phenoxy) is 1. The molecule has 0 unspecified atom stereocenters. The van der Waals surface area contributed by atoms with Gasteiger partial charge in [0.1, 0.15) is 5.75 Å². The first-order valence-corrected chi connectivity index (χ1v) is 9.85. The molecule has 2 aliphatic rings. The second-order valence-electron chi connectivity index (χ2n) is 6.75. The second kappa shape index (κ2) is 6.72. The summed E-state index contributed by atoms with van der Waals surface area (Å²) in [5.41, 5.74) is 0.946. The minimum absolute atomic E-state index is 0.108. The van der Waals surface area contributed by atoms with E-state index in [0.717, 1.165) is 17.7 Å². The Morgan fingerprint density at radius 2 is 1.92 bits per heavy atom. The number of carbonyl (C=O) groups excluding carboxylic acids is 1. The molecule has 24 heavy (non-hydrogen) atoms. The first-order valence-electron chi connectivity index (χ1n) is 8.41. The highest BCUT2D eigenvalue weighted by atomic mass is 32.2. The molecule has 1 aromatic rings. The van der Waals surface area contributed by atoms with Gasteiger partial charge in [-0.15, -0.1) is 0 Å². The summed E-state index contributed by atoms with van der Waals surface area (Å²) >= 11 is 0. The third-order valence-corrected chi connectivity index (χ3v) is 6.37. The molecule has 0 radical (unpaired) electrons. The summed E-state index contributed by atoms with van der Waals surface area (Å²) in [6.07, 6.45) is 1.26. The van der Waals surface area contributed by atoms with E-state index in [4.69, 9.17) is 4.74 Å². The molecular weight excluding hydrogens is 328 g/mol. The van der Waals surface area contributed by atoms with E-state index in [-0.39, 0.29) is 5.91 Å². The number of benzene rings is 1. The van der Waals surface area contributed by atoms with Crippen molar-refractivity contribution in [1.82, 2.24) is 9.21 Å². The standard InChI is InChI=1S/C17H24N2O4S/c1-13(2)11-17(20)18-6-8-19(9-7-18)24(21,22)15-3-4-16-14(12-15)5-10-23-16/h3-4,12-13H,5-11H2,1-2H3. The summed E-state index contributed by atoms with van der Waals surface area (Å²) in [6, 6.07) is 5.06. The molecular formula is C17H24N2O4S. The molecule has 1 amide bonds. The van der Waals surface area contributed by atoms with Gasteiger partial charge in [-0.1, -0.05) is 13.8 Å². The van der Waals surface area contributed by atoms with Gasteiger partial charge in [0.05, 0.1) is 11.5 Å². The Morgan fingerprint density at radius 3 is 2.58 bits per heavy atom. The van der Waals surface area contributed by atoms with Gasteiger partial charge in [-0.3, -0.25) is 4.79 Å². The monoisotopic (exact) mass is 352 g/mol. The predicted octanol–water partition coefficient (Wildman–Crippen LogP) is 1.50. The van der Waals surface area contributed by atoms with Crippen LogP contribution in [0.15, 0.2) is 23.1 Å². The summed E-state index contributed by atoms with van der Waals surface area (Å²) in [4.78, 5) is 14.2. The fourth-order valence-electron chi connectivity index (χ4n) is 3.13. The molecule has 7 heteroatoms. The Balaban J connectivity index is 1.68. The molecule has 2 aliphatic heterocycles. The van der Waals surface area contributed by atoms with E-state index in [9.17, 15) is 13.2 Å². The Labute approximate surface area is 143 Å². The summed E-state index contributed by atoms with van der Waals surface area (Å²) in [7, 11) is -3.52. The van der Waals surface area contributed by atoms with Gasteiger partial charge in [0, 0.05) is 39.0 Å². The lowest BCUT2D eigenvalue weighted by Gasteiger charge is -2.34. The highest BCUT2D eigenvalue weighted by molar-refractivity contribution is 7.89. The summed E-state index contributed by atoms with van der Waals surface area (Å²) < 4.78 is 32.6. The van der Waals surface area contributed by atoms with Crippen LogP contribution in [-0.2, 0) is 21.2 Å². The van der Waals surface area contributed by atoms with Crippen molar-refractivity contribution in [2.45, 2.75) is 31.6 Å². The molecule has 132 valence electrons. The quantitative estimate of drug-likeness (QED) is 0.824. The molecule has 1 aromatic carbocycles. The van der Waals surface area contributed by atoms with E-state index in [1.165, 1.54) is 4.31 Å². The van der Waals surface area contributed by atoms with Crippen molar-refractivity contribution in [3.05, 3.63) is 23.8 Å². The SMILES string of the molecule is CC(C)CC(=O)N1CCN(S(=O)(=O)c2ccc3c(c2)CCO3)CC1. The Morgan fingerprint density at radius 1 is 1.21 bits per heavy atom. The van der Waals surface area contributed by atoms with E-state index >= 15 is 0 Å². The lowest BCUT2D eigenvalue weighted by Crippen LogP contribution is -2.50. The highest BCUT2D eigenvalue weighted by Crippen LogP contribution is 2.29. The largest absolute Gasteiger partial charge is 0.493 e. The summed E-state index contributed by atoms with van der Waals surface area (Å²) in [6.45, 7) is 6.24. The van der Waals surface area contributed by atoms with Crippen LogP contribution in [0.25, 0.3) is 0 Å². The van der Waals surface area contributed by atoms with Gasteiger partial charge >= 0.3 is 0 Å². The van der Waals surface area contributed by atoms with E-state index in [1.54, 1.807) is 23.1 Å². The topological polar surface area (TPSA) is 66.9 Å². The maximum atomic E-state index is 12.8. The van der Waals surface area contributed by atoms with Gasteiger partial charge in [0.15, 0.2) is 0 Å². The molecule has 0 N–H and O–H groups in total. The van der Waals surface area contributed by atoms with Crippen LogP contribution in [0.3, 0.4) is 0 Å². The first kappa shape index (κ1) is 17.2. The van der Waals surface area contributed by atoms with Crippen molar-refractivity contribution in [2.24, 2.45) is 5.92 Å². The Kier molecular flexibility index (Phi) is 4.83. The minimum atomic E-state index is -3.52. The molecule has 0 atom stereocenters. The Bertz CT molecular complexity index is 722. The molecule has 0 aliphatic carbocycles. The van der Waals surface area contributed by atoms with Crippen molar-refractivity contribution in [3.8, 4) is 5.75 Å². The molecule has 6 nitrogen and oxygen atoms in total. The first-order chi connectivity index (χ1) is 11.4. The van der Waals surface area contributed by atoms with Gasteiger partial charge in [-0.2, -0.15) is 4.31 Å². The van der Waals surface area contributed by atoms with Crippen molar-refractivity contribution < 1.29 is 17.9 Å². The molecule has 1 fully saturated rings. The highest BCUT2D eigenvalue weighted by Gasteiger charge is 2.31. The van der Waals surface area contributed by atoms with Gasteiger partial charge in [0.2, 0.25) is 15.9 Å². The molecule has 2 heterocycles. The van der Waals surface area contributed by atoms with Crippen LogP contribution in [0.5, 0.6) is 5.75 Å². The van der Waals surface area contributed by atoms with Gasteiger partial charge in [-0.05, 0) is 29.7 Å². The summed E-state index contributed by atoms with van der Waals surface area (Å²) in [5, 5.41) is 0. The number of amides is 1. The number of piperazine rings is 1. The molecule has 0 bridgehead atoms. The molecule has 1 saturated heterocycles. The normalized spacial score (nSPS) is 18.5. The van der Waals surface area contributed by atoms with Gasteiger partial charge in [-0.25, -0.2) is 8.42 Å². The molecule has 0 spiro atoms. The van der Waals surface area contributed by atoms with Gasteiger partial charge in [0.25, 0.3) is 0 Å². The zero-order chi connectivity index (χ0) is 17.3. The lowest BCUT2D eigenvalue weighted by molar-refractivity contribution is -0.133. The summed E-state index contributed by atoms with van der Waals surface area (Å²) in [5.74, 6) is 1.20. The number of sulfonamides is 1. The Hall–Kier alpha value is -1.60. The number of fused-ring (bicyclic) bond motifs is 1. The zero-order valence-corrected chi connectivity index (χ0v) is 15.0. The number of hydrogen-bond donors (Lipinski definition) is 0. The average Bonchev–Trinajstić information content (AvgIpc) is 3.02. The maximum absolute atomic E-state index is 12.8. The van der Waals surface area contributed by atoms with Crippen molar-refractivity contribution in [1.29, 1.82) is 0 Å². The molecule has 3 rings (SSSR count). The van der Waals surface area contributed by atoms with Crippen LogP contribution in [0, 0.1) is 5.92 Å². The lowest BCUT2D eigenvalue weighted by atomic mass is 10.1. The van der Waals surface area contributed by atoms with Crippen LogP contribution in [0.1, 0.15) is 25.8 Å². The van der Waals surface area contributed by atoms with Crippen LogP contribution >= 0.6 is 0 Å². The van der Waals surface area contributed by atoms with E-state index in [0.29, 0.717) is 50.0 Å². The third-order valence-electron chi connectivity index (χ3n) is 4.47. The van der Waals surface area contributed by atoms with Crippen LogP contribution in [0.2, 0.25) is 0 Å². The van der Waals surface area contributed by atoms with Crippen molar-refractivity contribution >= 4 is 15.9 Å². The maximum Gasteiger partial charge on any atom is 0.243 e. The number of carbonyl (C=O) groups is 1. The van der Waals surface area contributed by atoms with E-state index < -0.39 is 10.0 Å². The van der Waals surface area contributed by atoms with Gasteiger partial charge < -0.3 is 9.64 Å². The molecule has 0 saturated carbocycles. The fourth-order valence-corrected chi connectivity index (χ4v) is 4.60. The zero-order valence-electron chi connectivity index (χ0n) is 14.2. The third kappa shape index (κ3) is 3.42.